The van der Waals surface area contributed by atoms with E-state index in [2.05, 4.69) is 25.8 Å². The van der Waals surface area contributed by atoms with Crippen molar-refractivity contribution in [3.05, 3.63) is 41.5 Å². The number of ether oxygens (including phenoxy) is 2. The number of benzene rings is 2. The molecule has 2 aromatic carbocycles. The van der Waals surface area contributed by atoms with Crippen LogP contribution in [0.3, 0.4) is 0 Å². The molecule has 11 heteroatoms. The molecule has 1 heterocycles. The molecule has 204 valence electrons. The predicted molar refractivity (Wildman–Crippen MR) is 134 cm³/mol. The van der Waals surface area contributed by atoms with Crippen LogP contribution in [-0.2, 0) is 25.5 Å². The molecular formula is C26H33F3NO6P. The summed E-state index contributed by atoms with van der Waals surface area (Å²) in [6.07, 6.45) is -1.70. The second-order valence-electron chi connectivity index (χ2n) is 11.0. The molecule has 0 radical (unpaired) electrons. The summed E-state index contributed by atoms with van der Waals surface area (Å²) in [5, 5.41) is 0.270. The fourth-order valence-electron chi connectivity index (χ4n) is 5.30. The molecule has 7 nitrogen and oxygen atoms in total. The molecule has 2 N–H and O–H groups in total. The maximum absolute atomic E-state index is 14.3. The fraction of sp³-hybridized carbons (Fsp3) is 0.577. The molecule has 2 aliphatic rings. The molecule has 1 aliphatic carbocycles. The van der Waals surface area contributed by atoms with E-state index in [0.29, 0.717) is 29.7 Å². The number of aliphatic imine (C=N–C) groups is 1. The molecule has 1 atom stereocenters. The van der Waals surface area contributed by atoms with Gasteiger partial charge in [0, 0.05) is 6.92 Å². The van der Waals surface area contributed by atoms with Gasteiger partial charge in [-0.05, 0) is 65.5 Å². The Morgan fingerprint density at radius 1 is 1.11 bits per heavy atom. The van der Waals surface area contributed by atoms with Crippen LogP contribution in [0, 0.1) is 11.3 Å². The summed E-state index contributed by atoms with van der Waals surface area (Å²) < 4.78 is 70.3. The second kappa shape index (κ2) is 9.88. The van der Waals surface area contributed by atoms with Crippen molar-refractivity contribution in [2.24, 2.45) is 16.3 Å². The van der Waals surface area contributed by atoms with Crippen molar-refractivity contribution in [3.8, 4) is 5.75 Å². The number of nitrogens with zero attached hydrogens (tertiary/aromatic N) is 1. The highest BCUT2D eigenvalue weighted by Gasteiger charge is 2.42. The SMILES string of the molecule is CC1=NC(COP(=O)(O)O)(c2ccc3c(C(F)(F)F)c(O[C@H]4CC[C@H](C(C)(C)C)CC4)ccc3c2)CO1. The van der Waals surface area contributed by atoms with E-state index in [1.54, 1.807) is 13.0 Å². The van der Waals surface area contributed by atoms with Gasteiger partial charge >= 0.3 is 14.0 Å². The first kappa shape index (κ1) is 27.9. The van der Waals surface area contributed by atoms with Gasteiger partial charge in [0.25, 0.3) is 0 Å². The van der Waals surface area contributed by atoms with Crippen molar-refractivity contribution in [1.29, 1.82) is 0 Å². The number of hydrogen-bond acceptors (Lipinski definition) is 5. The lowest BCUT2D eigenvalue weighted by Crippen LogP contribution is -2.31. The van der Waals surface area contributed by atoms with Crippen LogP contribution in [0.5, 0.6) is 5.75 Å². The summed E-state index contributed by atoms with van der Waals surface area (Å²) in [7, 11) is -4.81. The molecule has 0 spiro atoms. The highest BCUT2D eigenvalue weighted by atomic mass is 31.2. The summed E-state index contributed by atoms with van der Waals surface area (Å²) in [4.78, 5) is 22.7. The zero-order valence-electron chi connectivity index (χ0n) is 21.3. The van der Waals surface area contributed by atoms with Gasteiger partial charge in [0.1, 0.15) is 23.5 Å². The van der Waals surface area contributed by atoms with Gasteiger partial charge in [-0.1, -0.05) is 39.0 Å². The van der Waals surface area contributed by atoms with Crippen LogP contribution in [0.4, 0.5) is 13.2 Å². The molecule has 0 aromatic heterocycles. The van der Waals surface area contributed by atoms with Crippen molar-refractivity contribution in [2.45, 2.75) is 71.2 Å². The number of alkyl halides is 3. The first-order chi connectivity index (χ1) is 17.1. The maximum atomic E-state index is 14.3. The minimum Gasteiger partial charge on any atom is -0.490 e. The smallest absolute Gasteiger partial charge is 0.469 e. The topological polar surface area (TPSA) is 97.6 Å². The average molecular weight is 544 g/mol. The van der Waals surface area contributed by atoms with Gasteiger partial charge in [-0.15, -0.1) is 0 Å². The Bertz CT molecular complexity index is 1230. The van der Waals surface area contributed by atoms with Gasteiger partial charge in [-0.2, -0.15) is 13.2 Å². The Kier molecular flexibility index (Phi) is 7.45. The largest absolute Gasteiger partial charge is 0.490 e. The van der Waals surface area contributed by atoms with Crippen LogP contribution in [0.2, 0.25) is 0 Å². The first-order valence-corrected chi connectivity index (χ1v) is 13.8. The van der Waals surface area contributed by atoms with E-state index in [-0.39, 0.29) is 35.2 Å². The molecule has 0 bridgehead atoms. The third kappa shape index (κ3) is 6.30. The summed E-state index contributed by atoms with van der Waals surface area (Å²) >= 11 is 0. The van der Waals surface area contributed by atoms with Crippen LogP contribution >= 0.6 is 7.82 Å². The minimum atomic E-state index is -4.81. The molecule has 0 saturated heterocycles. The fourth-order valence-corrected chi connectivity index (χ4v) is 5.68. The van der Waals surface area contributed by atoms with E-state index < -0.39 is 31.7 Å². The molecule has 37 heavy (non-hydrogen) atoms. The third-order valence-corrected chi connectivity index (χ3v) is 7.82. The average Bonchev–Trinajstić information content (AvgIpc) is 3.18. The molecule has 0 amide bonds. The molecular weight excluding hydrogens is 510 g/mol. The predicted octanol–water partition coefficient (Wildman–Crippen LogP) is 6.60. The van der Waals surface area contributed by atoms with Crippen molar-refractivity contribution < 1.29 is 41.5 Å². The van der Waals surface area contributed by atoms with Gasteiger partial charge in [-0.25, -0.2) is 9.56 Å². The number of phosphoric ester groups is 1. The summed E-state index contributed by atoms with van der Waals surface area (Å²) in [5.74, 6) is 0.608. The van der Waals surface area contributed by atoms with Crippen LogP contribution in [0.15, 0.2) is 35.3 Å². The highest BCUT2D eigenvalue weighted by Crippen LogP contribution is 2.46. The Hall–Kier alpha value is -2.13. The number of fused-ring (bicyclic) bond motifs is 1. The van der Waals surface area contributed by atoms with Gasteiger partial charge < -0.3 is 19.3 Å². The number of rotatable bonds is 6. The summed E-state index contributed by atoms with van der Waals surface area (Å²) in [6.45, 7) is 7.58. The Morgan fingerprint density at radius 2 is 1.78 bits per heavy atom. The minimum absolute atomic E-state index is 0.0252. The standard InChI is InChI=1S/C26H33F3NO6P/c1-16-30-25(14-34-16,15-35-37(31,32)33)19-8-11-21-17(13-19)5-12-22(23(21)26(27,28)29)36-20-9-6-18(7-10-20)24(2,3)4/h5,8,11-13,18,20H,6-7,9-10,14-15H2,1-4H3,(H2,31,32,33)/t18-,20-,25?. The number of halogens is 3. The molecule has 1 aliphatic heterocycles. The van der Waals surface area contributed by atoms with E-state index >= 15 is 0 Å². The zero-order chi connectivity index (χ0) is 27.2. The normalized spacial score (nSPS) is 25.2. The van der Waals surface area contributed by atoms with E-state index in [1.807, 2.05) is 0 Å². The van der Waals surface area contributed by atoms with Crippen molar-refractivity contribution in [1.82, 2.24) is 0 Å². The van der Waals surface area contributed by atoms with Crippen molar-refractivity contribution in [2.75, 3.05) is 13.2 Å². The summed E-state index contributed by atoms with van der Waals surface area (Å²) in [6, 6.07) is 7.25. The van der Waals surface area contributed by atoms with E-state index in [9.17, 15) is 27.5 Å². The van der Waals surface area contributed by atoms with Gasteiger partial charge in [0.15, 0.2) is 5.90 Å². The lowest BCUT2D eigenvalue weighted by molar-refractivity contribution is -0.138. The van der Waals surface area contributed by atoms with Crippen LogP contribution < -0.4 is 4.74 Å². The van der Waals surface area contributed by atoms with Gasteiger partial charge in [0.2, 0.25) is 0 Å². The monoisotopic (exact) mass is 543 g/mol. The van der Waals surface area contributed by atoms with Crippen LogP contribution in [0.25, 0.3) is 10.8 Å². The number of hydrogen-bond donors (Lipinski definition) is 2. The van der Waals surface area contributed by atoms with E-state index in [4.69, 9.17) is 14.0 Å². The molecule has 2 aromatic rings. The van der Waals surface area contributed by atoms with E-state index in [1.165, 1.54) is 24.3 Å². The van der Waals surface area contributed by atoms with Crippen LogP contribution in [0.1, 0.15) is 64.5 Å². The quantitative estimate of drug-likeness (QED) is 0.399. The molecule has 1 fully saturated rings. The highest BCUT2D eigenvalue weighted by molar-refractivity contribution is 7.46. The Morgan fingerprint density at radius 3 is 2.32 bits per heavy atom. The third-order valence-electron chi connectivity index (χ3n) is 7.36. The Balaban J connectivity index is 1.67. The first-order valence-electron chi connectivity index (χ1n) is 12.3. The number of phosphoric acid groups is 1. The molecule has 1 saturated carbocycles. The maximum Gasteiger partial charge on any atom is 0.469 e. The lowest BCUT2D eigenvalue weighted by Gasteiger charge is -2.37. The lowest BCUT2D eigenvalue weighted by atomic mass is 9.72. The molecule has 1 unspecified atom stereocenters. The van der Waals surface area contributed by atoms with Gasteiger partial charge in [0.05, 0.1) is 12.7 Å². The van der Waals surface area contributed by atoms with Gasteiger partial charge in [-0.3, -0.25) is 4.52 Å². The van der Waals surface area contributed by atoms with Crippen LogP contribution in [-0.4, -0.2) is 35.0 Å². The Labute approximate surface area is 214 Å². The van der Waals surface area contributed by atoms with Crippen molar-refractivity contribution >= 4 is 24.5 Å². The van der Waals surface area contributed by atoms with Crippen molar-refractivity contribution in [3.63, 3.8) is 0 Å². The molecule has 4 rings (SSSR count). The summed E-state index contributed by atoms with van der Waals surface area (Å²) in [5.41, 5.74) is -1.55. The zero-order valence-corrected chi connectivity index (χ0v) is 22.2. The van der Waals surface area contributed by atoms with E-state index in [0.717, 1.165) is 12.8 Å². The second-order valence-corrected chi connectivity index (χ2v) is 12.3.